The molecule has 0 fully saturated rings. The van der Waals surface area contributed by atoms with Crippen molar-refractivity contribution in [1.82, 2.24) is 14.8 Å². The zero-order valence-corrected chi connectivity index (χ0v) is 11.1. The highest BCUT2D eigenvalue weighted by Crippen LogP contribution is 2.23. The van der Waals surface area contributed by atoms with Gasteiger partial charge in [-0.3, -0.25) is 15.1 Å². The Kier molecular flexibility index (Phi) is 3.37. The number of aromatic nitrogens is 3. The van der Waals surface area contributed by atoms with Crippen LogP contribution in [0, 0.1) is 35.3 Å². The molecule has 0 aromatic carbocycles. The van der Waals surface area contributed by atoms with Crippen LogP contribution in [0.15, 0.2) is 12.3 Å². The van der Waals surface area contributed by atoms with Crippen LogP contribution in [-0.2, 0) is 0 Å². The molecule has 21 heavy (non-hydrogen) atoms. The Labute approximate surface area is 118 Å². The summed E-state index contributed by atoms with van der Waals surface area (Å²) in [4.78, 5) is 25.2. The van der Waals surface area contributed by atoms with E-state index in [0.717, 1.165) is 10.9 Å². The lowest BCUT2D eigenvalue weighted by molar-refractivity contribution is -0.385. The molecule has 0 aliphatic heterocycles. The van der Waals surface area contributed by atoms with E-state index in [-0.39, 0.29) is 11.3 Å². The van der Waals surface area contributed by atoms with E-state index in [4.69, 9.17) is 10.4 Å². The van der Waals surface area contributed by atoms with Gasteiger partial charge in [-0.1, -0.05) is 0 Å². The highest BCUT2D eigenvalue weighted by Gasteiger charge is 2.26. The highest BCUT2D eigenvalue weighted by molar-refractivity contribution is 5.90. The zero-order chi connectivity index (χ0) is 15.7. The quantitative estimate of drug-likeness (QED) is 0.664. The molecule has 0 radical (unpaired) electrons. The number of hydrogen-bond donors (Lipinski definition) is 1. The van der Waals surface area contributed by atoms with Crippen LogP contribution >= 0.6 is 0 Å². The van der Waals surface area contributed by atoms with Crippen LogP contribution in [0.5, 0.6) is 0 Å². The van der Waals surface area contributed by atoms with Crippen molar-refractivity contribution < 1.29 is 14.8 Å². The minimum absolute atomic E-state index is 0.176. The third-order valence-corrected chi connectivity index (χ3v) is 2.76. The molecule has 0 bridgehead atoms. The van der Waals surface area contributed by atoms with Gasteiger partial charge in [0.2, 0.25) is 5.69 Å². The van der Waals surface area contributed by atoms with Crippen molar-refractivity contribution in [2.24, 2.45) is 0 Å². The van der Waals surface area contributed by atoms with Crippen LogP contribution in [0.3, 0.4) is 0 Å². The molecule has 0 aliphatic rings. The molecule has 2 heterocycles. The number of nitrogens with zero attached hydrogens (tertiary/aromatic N) is 5. The number of carboxylic acids is 1. The average molecular weight is 287 g/mol. The molecule has 9 heteroatoms. The number of aryl methyl sites for hydroxylation is 2. The van der Waals surface area contributed by atoms with Crippen molar-refractivity contribution in [2.75, 3.05) is 0 Å². The SMILES string of the molecule is Cc1cc(-n2cc([N+](=O)[O-])c(C(=O)O)n2)c(C#N)c(C)n1. The smallest absolute Gasteiger partial charge is 0.363 e. The summed E-state index contributed by atoms with van der Waals surface area (Å²) in [5, 5.41) is 32.7. The zero-order valence-electron chi connectivity index (χ0n) is 11.1. The number of nitro groups is 1. The predicted molar refractivity (Wildman–Crippen MR) is 69.2 cm³/mol. The average Bonchev–Trinajstić information content (AvgIpc) is 2.83. The molecule has 0 unspecified atom stereocenters. The summed E-state index contributed by atoms with van der Waals surface area (Å²) in [5.41, 5.74) is 0.113. The molecule has 0 aliphatic carbocycles. The predicted octanol–water partition coefficient (Wildman–Crippen LogP) is 1.36. The van der Waals surface area contributed by atoms with Gasteiger partial charge in [-0.25, -0.2) is 9.48 Å². The first kappa shape index (κ1) is 14.1. The topological polar surface area (TPSA) is 135 Å². The lowest BCUT2D eigenvalue weighted by Gasteiger charge is -2.07. The van der Waals surface area contributed by atoms with Gasteiger partial charge in [-0.2, -0.15) is 10.4 Å². The maximum Gasteiger partial charge on any atom is 0.363 e. The van der Waals surface area contributed by atoms with Gasteiger partial charge >= 0.3 is 11.7 Å². The van der Waals surface area contributed by atoms with Crippen LogP contribution < -0.4 is 0 Å². The summed E-state index contributed by atoms with van der Waals surface area (Å²) >= 11 is 0. The number of carboxylic acid groups (broad SMARTS) is 1. The molecular formula is C12H9N5O4. The third kappa shape index (κ3) is 2.42. The number of hydrogen-bond acceptors (Lipinski definition) is 6. The minimum Gasteiger partial charge on any atom is -0.476 e. The third-order valence-electron chi connectivity index (χ3n) is 2.76. The molecule has 2 rings (SSSR count). The normalized spacial score (nSPS) is 10.1. The molecule has 106 valence electrons. The standard InChI is InChI=1S/C12H9N5O4/c1-6-3-9(8(4-13)7(2)14-6)16-5-10(17(20)21)11(15-16)12(18)19/h3,5H,1-2H3,(H,18,19). The monoisotopic (exact) mass is 287 g/mol. The number of rotatable bonds is 3. The van der Waals surface area contributed by atoms with Crippen LogP contribution in [-0.4, -0.2) is 30.8 Å². The largest absolute Gasteiger partial charge is 0.476 e. The van der Waals surface area contributed by atoms with Crippen LogP contribution in [0.25, 0.3) is 5.69 Å². The van der Waals surface area contributed by atoms with E-state index in [1.807, 2.05) is 6.07 Å². The lowest BCUT2D eigenvalue weighted by atomic mass is 10.1. The second kappa shape index (κ2) is 5.01. The van der Waals surface area contributed by atoms with Crippen molar-refractivity contribution in [3.63, 3.8) is 0 Å². The Balaban J connectivity index is 2.74. The van der Waals surface area contributed by atoms with Gasteiger partial charge in [0, 0.05) is 5.69 Å². The first-order valence-electron chi connectivity index (χ1n) is 5.71. The van der Waals surface area contributed by atoms with E-state index in [0.29, 0.717) is 11.4 Å². The van der Waals surface area contributed by atoms with Crippen molar-refractivity contribution in [1.29, 1.82) is 5.26 Å². The summed E-state index contributed by atoms with van der Waals surface area (Å²) in [6.45, 7) is 3.30. The maximum absolute atomic E-state index is 11.0. The van der Waals surface area contributed by atoms with E-state index < -0.39 is 22.3 Å². The summed E-state index contributed by atoms with van der Waals surface area (Å²) in [5.74, 6) is -1.51. The second-order valence-electron chi connectivity index (χ2n) is 4.22. The molecule has 2 aromatic heterocycles. The van der Waals surface area contributed by atoms with Crippen LogP contribution in [0.4, 0.5) is 5.69 Å². The Bertz CT molecular complexity index is 771. The Morgan fingerprint density at radius 3 is 2.67 bits per heavy atom. The molecule has 0 saturated carbocycles. The molecule has 0 spiro atoms. The summed E-state index contributed by atoms with van der Waals surface area (Å²) < 4.78 is 1.02. The lowest BCUT2D eigenvalue weighted by Crippen LogP contribution is -2.05. The fraction of sp³-hybridized carbons (Fsp3) is 0.167. The van der Waals surface area contributed by atoms with Crippen LogP contribution in [0.2, 0.25) is 0 Å². The van der Waals surface area contributed by atoms with E-state index in [2.05, 4.69) is 10.1 Å². The fourth-order valence-corrected chi connectivity index (χ4v) is 1.90. The minimum atomic E-state index is -1.51. The molecule has 1 N–H and O–H groups in total. The van der Waals surface area contributed by atoms with Crippen LogP contribution in [0.1, 0.15) is 27.4 Å². The summed E-state index contributed by atoms with van der Waals surface area (Å²) in [7, 11) is 0. The van der Waals surface area contributed by atoms with Gasteiger partial charge in [-0.05, 0) is 19.9 Å². The van der Waals surface area contributed by atoms with Gasteiger partial charge in [-0.15, -0.1) is 0 Å². The maximum atomic E-state index is 11.0. The van der Waals surface area contributed by atoms with Crippen molar-refractivity contribution >= 4 is 11.7 Å². The van der Waals surface area contributed by atoms with E-state index >= 15 is 0 Å². The highest BCUT2D eigenvalue weighted by atomic mass is 16.6. The second-order valence-corrected chi connectivity index (χ2v) is 4.22. The fourth-order valence-electron chi connectivity index (χ4n) is 1.90. The van der Waals surface area contributed by atoms with E-state index in [1.165, 1.54) is 6.07 Å². The molecule has 2 aromatic rings. The van der Waals surface area contributed by atoms with Crippen molar-refractivity contribution in [2.45, 2.75) is 13.8 Å². The number of aromatic carboxylic acids is 1. The van der Waals surface area contributed by atoms with Gasteiger partial charge in [0.1, 0.15) is 12.3 Å². The first-order valence-corrected chi connectivity index (χ1v) is 5.71. The Morgan fingerprint density at radius 2 is 2.19 bits per heavy atom. The number of nitriles is 1. The van der Waals surface area contributed by atoms with Gasteiger partial charge in [0.25, 0.3) is 0 Å². The molecule has 0 amide bonds. The Morgan fingerprint density at radius 1 is 1.52 bits per heavy atom. The number of carbonyl (C=O) groups is 1. The summed E-state index contributed by atoms with van der Waals surface area (Å²) in [6.07, 6.45) is 0.971. The summed E-state index contributed by atoms with van der Waals surface area (Å²) in [6, 6.07) is 3.44. The van der Waals surface area contributed by atoms with E-state index in [9.17, 15) is 14.9 Å². The molecule has 9 nitrogen and oxygen atoms in total. The van der Waals surface area contributed by atoms with Gasteiger partial charge < -0.3 is 5.11 Å². The van der Waals surface area contributed by atoms with Crippen molar-refractivity contribution in [3.8, 4) is 11.8 Å². The molecular weight excluding hydrogens is 278 g/mol. The van der Waals surface area contributed by atoms with Gasteiger partial charge in [0.05, 0.1) is 21.9 Å². The molecule has 0 atom stereocenters. The van der Waals surface area contributed by atoms with Crippen molar-refractivity contribution in [3.05, 3.63) is 45.0 Å². The van der Waals surface area contributed by atoms with E-state index in [1.54, 1.807) is 13.8 Å². The first-order chi connectivity index (χ1) is 9.85. The molecule has 0 saturated heterocycles. The van der Waals surface area contributed by atoms with Gasteiger partial charge in [0.15, 0.2) is 0 Å². The Hall–Kier alpha value is -3.28. The number of pyridine rings is 1.